The van der Waals surface area contributed by atoms with Crippen LogP contribution in [-0.2, 0) is 9.53 Å². The highest BCUT2D eigenvalue weighted by Gasteiger charge is 2.32. The van der Waals surface area contributed by atoms with Crippen LogP contribution in [0.1, 0.15) is 31.0 Å². The van der Waals surface area contributed by atoms with Gasteiger partial charge in [-0.25, -0.2) is 9.79 Å². The maximum atomic E-state index is 13.3. The number of aromatic nitrogens is 1. The predicted octanol–water partition coefficient (Wildman–Crippen LogP) is 2.53. The van der Waals surface area contributed by atoms with E-state index in [0.29, 0.717) is 26.2 Å². The van der Waals surface area contributed by atoms with Crippen molar-refractivity contribution in [2.45, 2.75) is 19.9 Å². The SMILES string of the molecule is CCOC(=O)C1=C(C)n2c(s/c(=C\c3ccc(O)c(OC)c3)c2=O)=N[C@H]1c1cccc([N+](=O)[O-])c1. The number of rotatable bonds is 6. The molecule has 0 aliphatic carbocycles. The molecule has 0 saturated carbocycles. The van der Waals surface area contributed by atoms with Crippen LogP contribution in [0.2, 0.25) is 0 Å². The molecule has 3 aromatic rings. The van der Waals surface area contributed by atoms with Crippen LogP contribution in [0.3, 0.4) is 0 Å². The van der Waals surface area contributed by atoms with Crippen molar-refractivity contribution in [3.05, 3.63) is 89.0 Å². The molecule has 1 aliphatic rings. The number of carbonyl (C=O) groups excluding carboxylic acids is 1. The van der Waals surface area contributed by atoms with Gasteiger partial charge in [0.15, 0.2) is 16.3 Å². The Kier molecular flexibility index (Phi) is 6.52. The molecule has 2 aromatic carbocycles. The summed E-state index contributed by atoms with van der Waals surface area (Å²) in [6, 6.07) is 9.69. The molecule has 0 amide bonds. The molecule has 1 aromatic heterocycles. The summed E-state index contributed by atoms with van der Waals surface area (Å²) in [5.41, 5.74) is 1.02. The number of benzene rings is 2. The van der Waals surface area contributed by atoms with Crippen molar-refractivity contribution < 1.29 is 24.3 Å². The molecule has 0 fully saturated rings. The molecule has 0 radical (unpaired) electrons. The highest BCUT2D eigenvalue weighted by Crippen LogP contribution is 2.33. The number of nitro benzene ring substituents is 1. The number of non-ortho nitro benzene ring substituents is 1. The van der Waals surface area contributed by atoms with Crippen LogP contribution in [0.4, 0.5) is 5.69 Å². The average molecular weight is 496 g/mol. The van der Waals surface area contributed by atoms with Gasteiger partial charge in [-0.05, 0) is 43.2 Å². The minimum atomic E-state index is -0.881. The third-order valence-corrected chi connectivity index (χ3v) is 6.42. The van der Waals surface area contributed by atoms with E-state index in [4.69, 9.17) is 9.47 Å². The number of aromatic hydroxyl groups is 1. The van der Waals surface area contributed by atoms with Crippen LogP contribution in [-0.4, -0.2) is 34.3 Å². The van der Waals surface area contributed by atoms with Gasteiger partial charge in [0.25, 0.3) is 11.2 Å². The van der Waals surface area contributed by atoms with Gasteiger partial charge in [0.1, 0.15) is 6.04 Å². The molecule has 11 heteroatoms. The van der Waals surface area contributed by atoms with Gasteiger partial charge >= 0.3 is 5.97 Å². The van der Waals surface area contributed by atoms with Crippen LogP contribution in [0.5, 0.6) is 11.5 Å². The Labute approximate surface area is 202 Å². The van der Waals surface area contributed by atoms with Crippen LogP contribution in [0.25, 0.3) is 11.8 Å². The summed E-state index contributed by atoms with van der Waals surface area (Å²) in [5, 5.41) is 21.1. The number of hydrogen-bond donors (Lipinski definition) is 1. The average Bonchev–Trinajstić information content (AvgIpc) is 3.15. The Hall–Kier alpha value is -4.25. The Morgan fingerprint density at radius 2 is 2.09 bits per heavy atom. The van der Waals surface area contributed by atoms with E-state index in [9.17, 15) is 24.8 Å². The van der Waals surface area contributed by atoms with E-state index in [1.807, 2.05) is 0 Å². The van der Waals surface area contributed by atoms with Gasteiger partial charge < -0.3 is 14.6 Å². The van der Waals surface area contributed by atoms with E-state index in [1.165, 1.54) is 35.9 Å². The topological polar surface area (TPSA) is 133 Å². The first-order valence-corrected chi connectivity index (χ1v) is 11.4. The van der Waals surface area contributed by atoms with Crippen molar-refractivity contribution in [3.8, 4) is 11.5 Å². The Morgan fingerprint density at radius 3 is 2.77 bits per heavy atom. The van der Waals surface area contributed by atoms with Crippen molar-refractivity contribution in [2.24, 2.45) is 4.99 Å². The Bertz CT molecular complexity index is 1550. The molecule has 10 nitrogen and oxygen atoms in total. The minimum absolute atomic E-state index is 0.0282. The second kappa shape index (κ2) is 9.55. The fourth-order valence-electron chi connectivity index (χ4n) is 3.80. The van der Waals surface area contributed by atoms with Crippen LogP contribution in [0, 0.1) is 10.1 Å². The second-order valence-corrected chi connectivity index (χ2v) is 8.58. The summed E-state index contributed by atoms with van der Waals surface area (Å²) in [7, 11) is 1.43. The molecule has 0 bridgehead atoms. The number of thiazole rings is 1. The third-order valence-electron chi connectivity index (χ3n) is 5.44. The molecule has 0 saturated heterocycles. The van der Waals surface area contributed by atoms with Gasteiger partial charge in [0.05, 0.1) is 28.7 Å². The zero-order valence-electron chi connectivity index (χ0n) is 19.0. The lowest BCUT2D eigenvalue weighted by molar-refractivity contribution is -0.384. The third kappa shape index (κ3) is 4.45. The first kappa shape index (κ1) is 23.9. The molecule has 2 heterocycles. The van der Waals surface area contributed by atoms with Gasteiger partial charge in [-0.3, -0.25) is 19.5 Å². The van der Waals surface area contributed by atoms with Crippen molar-refractivity contribution in [3.63, 3.8) is 0 Å². The van der Waals surface area contributed by atoms with Crippen LogP contribution in [0.15, 0.2) is 57.8 Å². The molecule has 4 rings (SSSR count). The Balaban J connectivity index is 1.94. The van der Waals surface area contributed by atoms with Gasteiger partial charge in [0, 0.05) is 17.8 Å². The number of carbonyl (C=O) groups is 1. The standard InChI is InChI=1S/C24H21N3O7S/c1-4-34-23(30)20-13(2)26-22(29)19(11-14-8-9-17(28)18(10-14)33-3)35-24(26)25-21(20)15-6-5-7-16(12-15)27(31)32/h5-12,21,28H,4H2,1-3H3/b19-11-/t21-/m0/s1. The summed E-state index contributed by atoms with van der Waals surface area (Å²) in [6.07, 6.45) is 1.63. The van der Waals surface area contributed by atoms with Crippen LogP contribution >= 0.6 is 11.3 Å². The Morgan fingerprint density at radius 1 is 1.31 bits per heavy atom. The fraction of sp³-hybridized carbons (Fsp3) is 0.208. The van der Waals surface area contributed by atoms with E-state index in [-0.39, 0.29) is 34.9 Å². The number of nitro groups is 1. The first-order chi connectivity index (χ1) is 16.7. The second-order valence-electron chi connectivity index (χ2n) is 7.57. The van der Waals surface area contributed by atoms with E-state index >= 15 is 0 Å². The van der Waals surface area contributed by atoms with Gasteiger partial charge in [-0.1, -0.05) is 29.5 Å². The van der Waals surface area contributed by atoms with Gasteiger partial charge in [-0.2, -0.15) is 0 Å². The summed E-state index contributed by atoms with van der Waals surface area (Å²) < 4.78 is 12.0. The molecular formula is C24H21N3O7S. The molecule has 1 aliphatic heterocycles. The van der Waals surface area contributed by atoms with Crippen molar-refractivity contribution >= 4 is 34.8 Å². The van der Waals surface area contributed by atoms with Crippen molar-refractivity contribution in [2.75, 3.05) is 13.7 Å². The molecule has 0 spiro atoms. The lowest BCUT2D eigenvalue weighted by atomic mass is 9.96. The summed E-state index contributed by atoms with van der Waals surface area (Å²) in [4.78, 5) is 42.0. The number of allylic oxidation sites excluding steroid dienone is 1. The van der Waals surface area contributed by atoms with E-state index < -0.39 is 16.9 Å². The molecular weight excluding hydrogens is 474 g/mol. The maximum absolute atomic E-state index is 13.3. The van der Waals surface area contributed by atoms with Crippen molar-refractivity contribution in [1.29, 1.82) is 0 Å². The normalized spacial score (nSPS) is 15.4. The number of hydrogen-bond acceptors (Lipinski definition) is 9. The highest BCUT2D eigenvalue weighted by molar-refractivity contribution is 7.07. The highest BCUT2D eigenvalue weighted by atomic mass is 32.1. The number of fused-ring (bicyclic) bond motifs is 1. The number of esters is 1. The molecule has 1 atom stereocenters. The lowest BCUT2D eigenvalue weighted by Crippen LogP contribution is -2.35. The van der Waals surface area contributed by atoms with Gasteiger partial charge in [0.2, 0.25) is 0 Å². The molecule has 0 unspecified atom stereocenters. The first-order valence-electron chi connectivity index (χ1n) is 10.6. The number of nitrogens with zero attached hydrogens (tertiary/aromatic N) is 3. The predicted molar refractivity (Wildman–Crippen MR) is 129 cm³/mol. The quantitative estimate of drug-likeness (QED) is 0.316. The van der Waals surface area contributed by atoms with E-state index in [2.05, 4.69) is 4.99 Å². The van der Waals surface area contributed by atoms with Crippen molar-refractivity contribution in [1.82, 2.24) is 4.57 Å². The van der Waals surface area contributed by atoms with E-state index in [1.54, 1.807) is 38.1 Å². The van der Waals surface area contributed by atoms with Gasteiger partial charge in [-0.15, -0.1) is 0 Å². The molecule has 180 valence electrons. The number of methoxy groups -OCH3 is 1. The minimum Gasteiger partial charge on any atom is -0.504 e. The lowest BCUT2D eigenvalue weighted by Gasteiger charge is -2.22. The number of ether oxygens (including phenoxy) is 2. The maximum Gasteiger partial charge on any atom is 0.338 e. The fourth-order valence-corrected chi connectivity index (χ4v) is 4.84. The zero-order chi connectivity index (χ0) is 25.3. The summed E-state index contributed by atoms with van der Waals surface area (Å²) in [6.45, 7) is 3.40. The number of phenolic OH excluding ortho intramolecular Hbond substituents is 1. The summed E-state index contributed by atoms with van der Waals surface area (Å²) in [5.74, 6) is -0.418. The van der Waals surface area contributed by atoms with Crippen LogP contribution < -0.4 is 19.6 Å². The number of phenols is 1. The summed E-state index contributed by atoms with van der Waals surface area (Å²) >= 11 is 1.12. The van der Waals surface area contributed by atoms with E-state index in [0.717, 1.165) is 11.3 Å². The monoisotopic (exact) mass is 495 g/mol. The zero-order valence-corrected chi connectivity index (χ0v) is 19.9. The largest absolute Gasteiger partial charge is 0.504 e. The molecule has 35 heavy (non-hydrogen) atoms. The smallest absolute Gasteiger partial charge is 0.338 e. The molecule has 1 N–H and O–H groups in total.